The molecule has 1 saturated carbocycles. The van der Waals surface area contributed by atoms with Crippen LogP contribution in [0.2, 0.25) is 0 Å². The maximum absolute atomic E-state index is 13.3. The van der Waals surface area contributed by atoms with E-state index in [1.807, 2.05) is 6.07 Å². The normalized spacial score (nSPS) is 18.5. The Bertz CT molecular complexity index is 386. The molecule has 0 radical (unpaired) electrons. The van der Waals surface area contributed by atoms with Gasteiger partial charge in [0.2, 0.25) is 0 Å². The lowest BCUT2D eigenvalue weighted by molar-refractivity contribution is 0.182. The van der Waals surface area contributed by atoms with Crippen LogP contribution in [0.1, 0.15) is 36.8 Å². The zero-order valence-corrected chi connectivity index (χ0v) is 10.3. The number of benzene rings is 1. The second-order valence-electron chi connectivity index (χ2n) is 4.93. The summed E-state index contributed by atoms with van der Waals surface area (Å²) < 4.78 is 18.5. The van der Waals surface area contributed by atoms with Gasteiger partial charge in [0, 0.05) is 19.1 Å². The fraction of sp³-hybridized carbons (Fsp3) is 0.571. The summed E-state index contributed by atoms with van der Waals surface area (Å²) in [5.74, 6) is -0.203. The average Bonchev–Trinajstić information content (AvgIpc) is 2.79. The van der Waals surface area contributed by atoms with Crippen molar-refractivity contribution in [3.8, 4) is 0 Å². The molecule has 0 aliphatic heterocycles. The molecule has 94 valence electrons. The number of halogens is 1. The molecule has 1 aromatic rings. The van der Waals surface area contributed by atoms with E-state index in [2.05, 4.69) is 0 Å². The first-order valence-electron chi connectivity index (χ1n) is 6.20. The number of hydrogen-bond acceptors (Lipinski definition) is 2. The Morgan fingerprint density at radius 2 is 2.06 bits per heavy atom. The van der Waals surface area contributed by atoms with Crippen LogP contribution < -0.4 is 5.73 Å². The van der Waals surface area contributed by atoms with Crippen LogP contribution in [0.15, 0.2) is 18.2 Å². The third-order valence-electron chi connectivity index (χ3n) is 3.89. The molecule has 0 heterocycles. The molecule has 0 atom stereocenters. The Hall–Kier alpha value is -0.930. The summed E-state index contributed by atoms with van der Waals surface area (Å²) in [6.45, 7) is 1.09. The molecule has 1 aliphatic carbocycles. The number of rotatable bonds is 4. The molecule has 0 saturated heterocycles. The average molecular weight is 237 g/mol. The lowest BCUT2D eigenvalue weighted by Gasteiger charge is -2.30. The topological polar surface area (TPSA) is 35.2 Å². The smallest absolute Gasteiger partial charge is 0.123 e. The molecular weight excluding hydrogens is 217 g/mol. The number of hydrogen-bond donors (Lipinski definition) is 1. The van der Waals surface area contributed by atoms with Gasteiger partial charge in [-0.1, -0.05) is 18.9 Å². The third kappa shape index (κ3) is 2.35. The van der Waals surface area contributed by atoms with Crippen LogP contribution in [-0.4, -0.2) is 13.7 Å². The summed E-state index contributed by atoms with van der Waals surface area (Å²) in [5.41, 5.74) is 8.14. The SMILES string of the molecule is COCc1cc(F)ccc1C1(CN)CCCC1. The first kappa shape index (κ1) is 12.5. The van der Waals surface area contributed by atoms with Gasteiger partial charge in [-0.15, -0.1) is 0 Å². The molecule has 2 N–H and O–H groups in total. The fourth-order valence-corrected chi connectivity index (χ4v) is 2.99. The van der Waals surface area contributed by atoms with Crippen molar-refractivity contribution in [1.29, 1.82) is 0 Å². The highest BCUT2D eigenvalue weighted by atomic mass is 19.1. The van der Waals surface area contributed by atoms with Crippen molar-refractivity contribution in [3.05, 3.63) is 35.1 Å². The first-order valence-corrected chi connectivity index (χ1v) is 6.20. The second-order valence-corrected chi connectivity index (χ2v) is 4.93. The summed E-state index contributed by atoms with van der Waals surface area (Å²) in [6.07, 6.45) is 4.62. The van der Waals surface area contributed by atoms with Crippen LogP contribution in [0.3, 0.4) is 0 Å². The van der Waals surface area contributed by atoms with Crippen molar-refractivity contribution < 1.29 is 9.13 Å². The molecule has 0 spiro atoms. The van der Waals surface area contributed by atoms with Gasteiger partial charge in [0.05, 0.1) is 6.61 Å². The number of ether oxygens (including phenoxy) is 1. The molecule has 0 unspecified atom stereocenters. The number of methoxy groups -OCH3 is 1. The zero-order valence-electron chi connectivity index (χ0n) is 10.3. The standard InChI is InChI=1S/C14H20FNO/c1-17-9-11-8-12(15)4-5-13(11)14(10-16)6-2-3-7-14/h4-5,8H,2-3,6-7,9-10,16H2,1H3. The van der Waals surface area contributed by atoms with Gasteiger partial charge in [0.15, 0.2) is 0 Å². The monoisotopic (exact) mass is 237 g/mol. The molecule has 1 aliphatic rings. The van der Waals surface area contributed by atoms with Crippen molar-refractivity contribution in [2.24, 2.45) is 5.73 Å². The second kappa shape index (κ2) is 5.15. The van der Waals surface area contributed by atoms with Crippen molar-refractivity contribution in [3.63, 3.8) is 0 Å². The predicted molar refractivity (Wildman–Crippen MR) is 66.3 cm³/mol. The summed E-state index contributed by atoms with van der Waals surface area (Å²) in [5, 5.41) is 0. The molecule has 2 rings (SSSR count). The Kier molecular flexibility index (Phi) is 3.79. The van der Waals surface area contributed by atoms with Gasteiger partial charge in [-0.3, -0.25) is 0 Å². The first-order chi connectivity index (χ1) is 8.22. The van der Waals surface area contributed by atoms with Gasteiger partial charge in [-0.25, -0.2) is 4.39 Å². The highest BCUT2D eigenvalue weighted by Crippen LogP contribution is 2.41. The van der Waals surface area contributed by atoms with Crippen LogP contribution >= 0.6 is 0 Å². The van der Waals surface area contributed by atoms with E-state index in [0.717, 1.165) is 18.4 Å². The molecule has 0 amide bonds. The van der Waals surface area contributed by atoms with Gasteiger partial charge >= 0.3 is 0 Å². The van der Waals surface area contributed by atoms with Crippen molar-refractivity contribution in [1.82, 2.24) is 0 Å². The van der Waals surface area contributed by atoms with E-state index in [-0.39, 0.29) is 11.2 Å². The molecule has 1 fully saturated rings. The van der Waals surface area contributed by atoms with E-state index in [4.69, 9.17) is 10.5 Å². The van der Waals surface area contributed by atoms with Crippen LogP contribution in [0, 0.1) is 5.82 Å². The predicted octanol–water partition coefficient (Wildman–Crippen LogP) is 2.74. The lowest BCUT2D eigenvalue weighted by atomic mass is 9.77. The van der Waals surface area contributed by atoms with E-state index in [1.165, 1.54) is 24.5 Å². The summed E-state index contributed by atoms with van der Waals surface area (Å²) in [7, 11) is 1.64. The Balaban J connectivity index is 2.42. The molecule has 3 heteroatoms. The van der Waals surface area contributed by atoms with Gasteiger partial charge < -0.3 is 10.5 Å². The van der Waals surface area contributed by atoms with Crippen LogP contribution in [0.4, 0.5) is 4.39 Å². The van der Waals surface area contributed by atoms with Crippen LogP contribution in [-0.2, 0) is 16.8 Å². The van der Waals surface area contributed by atoms with Gasteiger partial charge in [0.1, 0.15) is 5.82 Å². The molecule has 0 bridgehead atoms. The Labute approximate surface area is 102 Å². The van der Waals surface area contributed by atoms with E-state index in [0.29, 0.717) is 13.2 Å². The minimum atomic E-state index is -0.203. The van der Waals surface area contributed by atoms with Crippen LogP contribution in [0.5, 0.6) is 0 Å². The maximum atomic E-state index is 13.3. The third-order valence-corrected chi connectivity index (χ3v) is 3.89. The molecule has 0 aromatic heterocycles. The van der Waals surface area contributed by atoms with Crippen molar-refractivity contribution >= 4 is 0 Å². The Morgan fingerprint density at radius 3 is 2.65 bits per heavy atom. The summed E-state index contributed by atoms with van der Waals surface area (Å²) in [4.78, 5) is 0. The highest BCUT2D eigenvalue weighted by molar-refractivity contribution is 5.36. The molecule has 1 aromatic carbocycles. The largest absolute Gasteiger partial charge is 0.380 e. The maximum Gasteiger partial charge on any atom is 0.123 e. The van der Waals surface area contributed by atoms with E-state index < -0.39 is 0 Å². The minimum Gasteiger partial charge on any atom is -0.380 e. The van der Waals surface area contributed by atoms with Gasteiger partial charge in [0.25, 0.3) is 0 Å². The minimum absolute atomic E-state index is 0.0432. The molecule has 17 heavy (non-hydrogen) atoms. The van der Waals surface area contributed by atoms with Crippen molar-refractivity contribution in [2.75, 3.05) is 13.7 Å². The lowest BCUT2D eigenvalue weighted by Crippen LogP contribution is -2.33. The number of nitrogens with two attached hydrogens (primary N) is 1. The molecule has 2 nitrogen and oxygen atoms in total. The van der Waals surface area contributed by atoms with E-state index in [1.54, 1.807) is 13.2 Å². The van der Waals surface area contributed by atoms with Crippen LogP contribution in [0.25, 0.3) is 0 Å². The van der Waals surface area contributed by atoms with E-state index >= 15 is 0 Å². The van der Waals surface area contributed by atoms with Gasteiger partial charge in [-0.2, -0.15) is 0 Å². The zero-order chi connectivity index (χ0) is 12.3. The quantitative estimate of drug-likeness (QED) is 0.874. The fourth-order valence-electron chi connectivity index (χ4n) is 2.99. The van der Waals surface area contributed by atoms with Crippen molar-refractivity contribution in [2.45, 2.75) is 37.7 Å². The molecular formula is C14H20FNO. The Morgan fingerprint density at radius 1 is 1.35 bits per heavy atom. The van der Waals surface area contributed by atoms with E-state index in [9.17, 15) is 4.39 Å². The summed E-state index contributed by atoms with van der Waals surface area (Å²) >= 11 is 0. The highest BCUT2D eigenvalue weighted by Gasteiger charge is 2.35. The summed E-state index contributed by atoms with van der Waals surface area (Å²) in [6, 6.07) is 5.00. The van der Waals surface area contributed by atoms with Gasteiger partial charge in [-0.05, 0) is 36.1 Å².